The molecule has 3 aromatic carbocycles. The summed E-state index contributed by atoms with van der Waals surface area (Å²) in [6.07, 6.45) is 0. The van der Waals surface area contributed by atoms with Gasteiger partial charge >= 0.3 is 5.97 Å². The van der Waals surface area contributed by atoms with Gasteiger partial charge < -0.3 is 25.4 Å². The van der Waals surface area contributed by atoms with Crippen molar-refractivity contribution in [3.63, 3.8) is 0 Å². The smallest absolute Gasteiger partial charge is 0.339 e. The predicted molar refractivity (Wildman–Crippen MR) is 158 cm³/mol. The lowest BCUT2D eigenvalue weighted by molar-refractivity contribution is -0.114. The van der Waals surface area contributed by atoms with Gasteiger partial charge in [-0.2, -0.15) is 5.26 Å². The standard InChI is InChI=1S/C31H28N4O5S/c1-19-27(29(37)35-24-15-9-10-16-25(24)39-2)28(20-11-5-4-6-12-20)22(17-32)30(33-19)41-18-26(36)34-23-14-8-7-13-21(23)31(38)40-3/h4-16,28,33H,18H2,1-3H3,(H,34,36)(H,35,37)/t28-/m0/s1. The van der Waals surface area contributed by atoms with E-state index in [1.54, 1.807) is 55.5 Å². The Labute approximate surface area is 242 Å². The van der Waals surface area contributed by atoms with Gasteiger partial charge in [0.1, 0.15) is 5.75 Å². The van der Waals surface area contributed by atoms with E-state index in [-0.39, 0.29) is 23.1 Å². The Hall–Kier alpha value is -5.01. The molecular weight excluding hydrogens is 540 g/mol. The number of nitriles is 1. The summed E-state index contributed by atoms with van der Waals surface area (Å²) >= 11 is 1.14. The molecule has 1 atom stereocenters. The van der Waals surface area contributed by atoms with Gasteiger partial charge in [0.25, 0.3) is 5.91 Å². The summed E-state index contributed by atoms with van der Waals surface area (Å²) in [6.45, 7) is 1.76. The van der Waals surface area contributed by atoms with E-state index in [2.05, 4.69) is 22.0 Å². The van der Waals surface area contributed by atoms with Crippen LogP contribution < -0.4 is 20.7 Å². The zero-order valence-electron chi connectivity index (χ0n) is 22.7. The maximum absolute atomic E-state index is 13.7. The van der Waals surface area contributed by atoms with E-state index in [0.29, 0.717) is 39.0 Å². The third-order valence-electron chi connectivity index (χ3n) is 6.33. The molecule has 0 bridgehead atoms. The van der Waals surface area contributed by atoms with Crippen LogP contribution in [0.1, 0.15) is 28.8 Å². The van der Waals surface area contributed by atoms with Crippen LogP contribution in [-0.2, 0) is 14.3 Å². The second kappa shape index (κ2) is 13.4. The summed E-state index contributed by atoms with van der Waals surface area (Å²) in [5.74, 6) is -1.56. The molecule has 4 rings (SSSR count). The molecule has 41 heavy (non-hydrogen) atoms. The molecule has 0 aromatic heterocycles. The van der Waals surface area contributed by atoms with Gasteiger partial charge in [-0.1, -0.05) is 66.4 Å². The number of carbonyl (C=O) groups is 3. The second-order valence-electron chi connectivity index (χ2n) is 8.89. The number of ether oxygens (including phenoxy) is 2. The van der Waals surface area contributed by atoms with Crippen LogP contribution in [0.15, 0.2) is 101 Å². The Morgan fingerprint density at radius 3 is 2.27 bits per heavy atom. The topological polar surface area (TPSA) is 130 Å². The molecule has 10 heteroatoms. The van der Waals surface area contributed by atoms with E-state index in [9.17, 15) is 19.6 Å². The third-order valence-corrected chi connectivity index (χ3v) is 7.35. The number of methoxy groups -OCH3 is 2. The van der Waals surface area contributed by atoms with Crippen molar-refractivity contribution in [3.05, 3.63) is 112 Å². The number of anilines is 2. The predicted octanol–water partition coefficient (Wildman–Crippen LogP) is 5.19. The van der Waals surface area contributed by atoms with E-state index < -0.39 is 11.9 Å². The Bertz CT molecular complexity index is 1580. The number of hydrogen-bond donors (Lipinski definition) is 3. The van der Waals surface area contributed by atoms with Crippen molar-refractivity contribution >= 4 is 40.9 Å². The van der Waals surface area contributed by atoms with Crippen molar-refractivity contribution in [2.24, 2.45) is 0 Å². The summed E-state index contributed by atoms with van der Waals surface area (Å²) in [6, 6.07) is 25.1. The number of nitrogens with zero attached hydrogens (tertiary/aromatic N) is 1. The molecule has 0 spiro atoms. The highest BCUT2D eigenvalue weighted by atomic mass is 32.2. The number of esters is 1. The number of nitrogens with one attached hydrogen (secondary N) is 3. The van der Waals surface area contributed by atoms with Gasteiger partial charge in [0.15, 0.2) is 0 Å². The average molecular weight is 569 g/mol. The Morgan fingerprint density at radius 1 is 0.927 bits per heavy atom. The molecule has 2 amide bonds. The molecule has 3 aromatic rings. The monoisotopic (exact) mass is 568 g/mol. The fourth-order valence-electron chi connectivity index (χ4n) is 4.45. The van der Waals surface area contributed by atoms with Gasteiger partial charge in [-0.05, 0) is 36.8 Å². The number of allylic oxidation sites excluding steroid dienone is 2. The van der Waals surface area contributed by atoms with Crippen LogP contribution in [0.4, 0.5) is 11.4 Å². The molecule has 1 aliphatic heterocycles. The van der Waals surface area contributed by atoms with Gasteiger partial charge in [0.2, 0.25) is 5.91 Å². The molecule has 0 saturated heterocycles. The molecule has 0 fully saturated rings. The van der Waals surface area contributed by atoms with Gasteiger partial charge in [-0.25, -0.2) is 4.79 Å². The first-order valence-electron chi connectivity index (χ1n) is 12.6. The largest absolute Gasteiger partial charge is 0.495 e. The van der Waals surface area contributed by atoms with E-state index >= 15 is 0 Å². The fourth-order valence-corrected chi connectivity index (χ4v) is 5.34. The summed E-state index contributed by atoms with van der Waals surface area (Å²) in [4.78, 5) is 38.6. The van der Waals surface area contributed by atoms with Gasteiger partial charge in [0.05, 0.1) is 59.5 Å². The molecule has 1 aliphatic rings. The number of dihydropyridines is 1. The maximum Gasteiger partial charge on any atom is 0.339 e. The van der Waals surface area contributed by atoms with Crippen molar-refractivity contribution < 1.29 is 23.9 Å². The first-order chi connectivity index (χ1) is 19.9. The summed E-state index contributed by atoms with van der Waals surface area (Å²) in [5.41, 5.74) is 3.03. The quantitative estimate of drug-likeness (QED) is 0.301. The Balaban J connectivity index is 1.61. The van der Waals surface area contributed by atoms with Crippen molar-refractivity contribution in [2.75, 3.05) is 30.6 Å². The first kappa shape index (κ1) is 29.0. The van der Waals surface area contributed by atoms with Crippen LogP contribution in [0, 0.1) is 11.3 Å². The van der Waals surface area contributed by atoms with Crippen molar-refractivity contribution in [2.45, 2.75) is 12.8 Å². The minimum atomic E-state index is -0.678. The highest BCUT2D eigenvalue weighted by Gasteiger charge is 2.35. The third kappa shape index (κ3) is 6.59. The normalized spacial score (nSPS) is 14.4. The maximum atomic E-state index is 13.7. The van der Waals surface area contributed by atoms with E-state index in [4.69, 9.17) is 9.47 Å². The summed E-state index contributed by atoms with van der Waals surface area (Å²) in [7, 11) is 2.79. The number of benzene rings is 3. The number of amides is 2. The number of thioether (sulfide) groups is 1. The fraction of sp³-hybridized carbons (Fsp3) is 0.161. The molecule has 0 aliphatic carbocycles. The van der Waals surface area contributed by atoms with E-state index in [1.807, 2.05) is 30.3 Å². The summed E-state index contributed by atoms with van der Waals surface area (Å²) in [5, 5.41) is 19.6. The molecule has 9 nitrogen and oxygen atoms in total. The van der Waals surface area contributed by atoms with Crippen LogP contribution in [0.3, 0.4) is 0 Å². The summed E-state index contributed by atoms with van der Waals surface area (Å²) < 4.78 is 10.2. The highest BCUT2D eigenvalue weighted by molar-refractivity contribution is 8.03. The van der Waals surface area contributed by atoms with E-state index in [1.165, 1.54) is 14.2 Å². The lowest BCUT2D eigenvalue weighted by Gasteiger charge is -2.30. The molecule has 3 N–H and O–H groups in total. The SMILES string of the molecule is COC(=O)c1ccccc1NC(=O)CSC1=C(C#N)[C@H](c2ccccc2)C(C(=O)Nc2ccccc2OC)=C(C)N1. The lowest BCUT2D eigenvalue weighted by atomic mass is 9.82. The number of hydrogen-bond acceptors (Lipinski definition) is 8. The van der Waals surface area contributed by atoms with Crippen LogP contribution in [-0.4, -0.2) is 37.8 Å². The Kier molecular flexibility index (Phi) is 9.45. The zero-order valence-corrected chi connectivity index (χ0v) is 23.5. The zero-order chi connectivity index (χ0) is 29.4. The van der Waals surface area contributed by atoms with E-state index in [0.717, 1.165) is 17.3 Å². The Morgan fingerprint density at radius 2 is 1.59 bits per heavy atom. The molecule has 208 valence electrons. The van der Waals surface area contributed by atoms with Crippen LogP contribution >= 0.6 is 11.8 Å². The molecule has 0 saturated carbocycles. The van der Waals surface area contributed by atoms with Gasteiger partial charge in [0, 0.05) is 11.3 Å². The molecule has 0 unspecified atom stereocenters. The van der Waals surface area contributed by atoms with Crippen LogP contribution in [0.25, 0.3) is 0 Å². The second-order valence-corrected chi connectivity index (χ2v) is 9.88. The van der Waals surface area contributed by atoms with Gasteiger partial charge in [-0.15, -0.1) is 0 Å². The number of rotatable bonds is 9. The number of para-hydroxylation sites is 3. The molecule has 1 heterocycles. The van der Waals surface area contributed by atoms with Crippen molar-refractivity contribution in [3.8, 4) is 11.8 Å². The molecular formula is C31H28N4O5S. The van der Waals surface area contributed by atoms with Crippen LogP contribution in [0.5, 0.6) is 5.75 Å². The van der Waals surface area contributed by atoms with Crippen molar-refractivity contribution in [1.29, 1.82) is 5.26 Å². The minimum Gasteiger partial charge on any atom is -0.495 e. The lowest BCUT2D eigenvalue weighted by Crippen LogP contribution is -2.31. The van der Waals surface area contributed by atoms with Crippen LogP contribution in [0.2, 0.25) is 0 Å². The van der Waals surface area contributed by atoms with Gasteiger partial charge in [-0.3, -0.25) is 9.59 Å². The van der Waals surface area contributed by atoms with Crippen molar-refractivity contribution in [1.82, 2.24) is 5.32 Å². The minimum absolute atomic E-state index is 0.0550. The number of carbonyl (C=O) groups excluding carboxylic acids is 3. The first-order valence-corrected chi connectivity index (χ1v) is 13.6. The molecule has 0 radical (unpaired) electrons. The average Bonchev–Trinajstić information content (AvgIpc) is 3.00. The highest BCUT2D eigenvalue weighted by Crippen LogP contribution is 2.41.